The molecular formula is C29H23BrCl2N2O6S. The normalized spacial score (nSPS) is 14.0. The third-order valence-electron chi connectivity index (χ3n) is 5.65. The maximum Gasteiger partial charge on any atom is 0.339 e. The standard InChI is InChI=1S/C29H23BrCl2N2O6S/c1-2-11-39-28(37)22-14-21(8-9-23(22)32)33-26(35)15-34-27(36)25(41-29(34)38)13-18-12-19(30)5-10-24(18)40-16-17-3-6-20(31)7-4-17/h3-10,12-14H,2,11,15-16H2,1H3,(H,33,35)/b25-13+. The fraction of sp³-hybridized carbons (Fsp3) is 0.172. The molecule has 8 nitrogen and oxygen atoms in total. The molecule has 0 atom stereocenters. The molecule has 1 aliphatic rings. The highest BCUT2D eigenvalue weighted by Gasteiger charge is 2.36. The van der Waals surface area contributed by atoms with Gasteiger partial charge >= 0.3 is 5.97 Å². The third-order valence-corrected chi connectivity index (χ3v) is 7.63. The number of imide groups is 1. The fourth-order valence-corrected chi connectivity index (χ4v) is 5.19. The zero-order chi connectivity index (χ0) is 29.5. The van der Waals surface area contributed by atoms with Gasteiger partial charge in [-0.3, -0.25) is 19.3 Å². The lowest BCUT2D eigenvalue weighted by Gasteiger charge is -2.13. The monoisotopic (exact) mass is 676 g/mol. The molecule has 3 aromatic carbocycles. The van der Waals surface area contributed by atoms with E-state index in [2.05, 4.69) is 21.2 Å². The highest BCUT2D eigenvalue weighted by atomic mass is 79.9. The Balaban J connectivity index is 1.44. The average Bonchev–Trinajstić information content (AvgIpc) is 3.20. The van der Waals surface area contributed by atoms with Crippen LogP contribution in [0.5, 0.6) is 5.75 Å². The number of rotatable bonds is 10. The summed E-state index contributed by atoms with van der Waals surface area (Å²) in [5.74, 6) is -1.35. The molecule has 1 saturated heterocycles. The second kappa shape index (κ2) is 14.0. The van der Waals surface area contributed by atoms with Crippen LogP contribution in [0.2, 0.25) is 10.0 Å². The van der Waals surface area contributed by atoms with E-state index in [4.69, 9.17) is 32.7 Å². The number of ether oxygens (including phenoxy) is 2. The lowest BCUT2D eigenvalue weighted by atomic mass is 10.1. The van der Waals surface area contributed by atoms with Gasteiger partial charge in [-0.2, -0.15) is 0 Å². The van der Waals surface area contributed by atoms with Crippen molar-refractivity contribution in [1.82, 2.24) is 4.90 Å². The number of thioether (sulfide) groups is 1. The van der Waals surface area contributed by atoms with Crippen molar-refractivity contribution in [3.8, 4) is 5.75 Å². The van der Waals surface area contributed by atoms with Crippen LogP contribution in [0.25, 0.3) is 6.08 Å². The van der Waals surface area contributed by atoms with Gasteiger partial charge in [0.1, 0.15) is 18.9 Å². The summed E-state index contributed by atoms with van der Waals surface area (Å²) in [5.41, 5.74) is 1.84. The zero-order valence-corrected chi connectivity index (χ0v) is 25.5. The van der Waals surface area contributed by atoms with E-state index in [0.29, 0.717) is 22.8 Å². The predicted octanol–water partition coefficient (Wildman–Crippen LogP) is 7.58. The van der Waals surface area contributed by atoms with E-state index in [1.165, 1.54) is 18.2 Å². The first-order valence-electron chi connectivity index (χ1n) is 12.3. The first-order valence-corrected chi connectivity index (χ1v) is 14.7. The summed E-state index contributed by atoms with van der Waals surface area (Å²) in [4.78, 5) is 51.7. The van der Waals surface area contributed by atoms with Crippen LogP contribution in [-0.2, 0) is 20.9 Å². The Kier molecular flexibility index (Phi) is 10.5. The van der Waals surface area contributed by atoms with E-state index >= 15 is 0 Å². The molecule has 1 aliphatic heterocycles. The van der Waals surface area contributed by atoms with Crippen LogP contribution >= 0.6 is 50.9 Å². The molecule has 1 heterocycles. The number of amides is 3. The average molecular weight is 678 g/mol. The summed E-state index contributed by atoms with van der Waals surface area (Å²) in [6.07, 6.45) is 2.20. The Hall–Kier alpha value is -3.31. The van der Waals surface area contributed by atoms with Gasteiger partial charge in [0.2, 0.25) is 5.91 Å². The van der Waals surface area contributed by atoms with Gasteiger partial charge in [0.25, 0.3) is 11.1 Å². The van der Waals surface area contributed by atoms with Crippen molar-refractivity contribution in [2.45, 2.75) is 20.0 Å². The number of nitrogens with zero attached hydrogens (tertiary/aromatic N) is 1. The van der Waals surface area contributed by atoms with Gasteiger partial charge in [0.15, 0.2) is 0 Å². The molecule has 1 N–H and O–H groups in total. The van der Waals surface area contributed by atoms with Crippen LogP contribution in [0.15, 0.2) is 70.0 Å². The molecule has 3 amide bonds. The van der Waals surface area contributed by atoms with E-state index < -0.39 is 29.6 Å². The number of benzene rings is 3. The van der Waals surface area contributed by atoms with Crippen molar-refractivity contribution in [2.24, 2.45) is 0 Å². The van der Waals surface area contributed by atoms with Crippen molar-refractivity contribution in [3.63, 3.8) is 0 Å². The summed E-state index contributed by atoms with van der Waals surface area (Å²) in [5, 5.41) is 2.79. The van der Waals surface area contributed by atoms with Gasteiger partial charge in [0.05, 0.1) is 22.1 Å². The Labute approximate surface area is 259 Å². The highest BCUT2D eigenvalue weighted by molar-refractivity contribution is 9.10. The number of carbonyl (C=O) groups is 4. The van der Waals surface area contributed by atoms with Crippen molar-refractivity contribution in [1.29, 1.82) is 0 Å². The molecule has 0 bridgehead atoms. The van der Waals surface area contributed by atoms with Gasteiger partial charge in [-0.05, 0) is 78.4 Å². The minimum Gasteiger partial charge on any atom is -0.488 e. The first-order chi connectivity index (χ1) is 19.6. The second-order valence-corrected chi connectivity index (χ2v) is 11.5. The molecule has 0 saturated carbocycles. The largest absolute Gasteiger partial charge is 0.488 e. The smallest absolute Gasteiger partial charge is 0.339 e. The molecule has 0 radical (unpaired) electrons. The minimum absolute atomic E-state index is 0.0927. The quantitative estimate of drug-likeness (QED) is 0.174. The molecule has 1 fully saturated rings. The van der Waals surface area contributed by atoms with Crippen LogP contribution in [0.4, 0.5) is 10.5 Å². The molecule has 4 rings (SSSR count). The summed E-state index contributed by atoms with van der Waals surface area (Å²) in [7, 11) is 0. The molecule has 0 aliphatic carbocycles. The SMILES string of the molecule is CCCOC(=O)c1cc(NC(=O)CN2C(=O)S/C(=C/c3cc(Br)ccc3OCc3ccc(Cl)cc3)C2=O)ccc1Cl. The summed E-state index contributed by atoms with van der Waals surface area (Å²) in [6, 6.07) is 16.9. The van der Waals surface area contributed by atoms with Crippen molar-refractivity contribution in [3.05, 3.63) is 96.8 Å². The second-order valence-electron chi connectivity index (χ2n) is 8.74. The van der Waals surface area contributed by atoms with Gasteiger partial charge in [-0.25, -0.2) is 4.79 Å². The summed E-state index contributed by atoms with van der Waals surface area (Å²) >= 11 is 16.2. The Bertz CT molecular complexity index is 1530. The molecule has 12 heteroatoms. The minimum atomic E-state index is -0.627. The maximum absolute atomic E-state index is 13.1. The van der Waals surface area contributed by atoms with Crippen LogP contribution in [-0.4, -0.2) is 41.1 Å². The van der Waals surface area contributed by atoms with Gasteiger partial charge in [-0.15, -0.1) is 0 Å². The number of esters is 1. The van der Waals surface area contributed by atoms with Gasteiger partial charge < -0.3 is 14.8 Å². The van der Waals surface area contributed by atoms with Crippen LogP contribution in [0, 0.1) is 0 Å². The molecule has 41 heavy (non-hydrogen) atoms. The fourth-order valence-electron chi connectivity index (χ4n) is 3.66. The molecule has 0 aromatic heterocycles. The highest BCUT2D eigenvalue weighted by Crippen LogP contribution is 2.35. The van der Waals surface area contributed by atoms with Crippen molar-refractivity contribution in [2.75, 3.05) is 18.5 Å². The number of halogens is 3. The third kappa shape index (κ3) is 8.13. The summed E-state index contributed by atoms with van der Waals surface area (Å²) < 4.78 is 11.8. The van der Waals surface area contributed by atoms with E-state index in [1.807, 2.05) is 19.1 Å². The van der Waals surface area contributed by atoms with Crippen molar-refractivity contribution >= 4 is 85.7 Å². The number of anilines is 1. The van der Waals surface area contributed by atoms with E-state index in [1.54, 1.807) is 36.4 Å². The Morgan fingerprint density at radius 3 is 2.54 bits per heavy atom. The van der Waals surface area contributed by atoms with Crippen LogP contribution < -0.4 is 10.1 Å². The molecule has 212 valence electrons. The lowest BCUT2D eigenvalue weighted by Crippen LogP contribution is -2.36. The number of hydrogen-bond donors (Lipinski definition) is 1. The van der Waals surface area contributed by atoms with E-state index in [9.17, 15) is 19.2 Å². The number of carbonyl (C=O) groups excluding carboxylic acids is 4. The summed E-state index contributed by atoms with van der Waals surface area (Å²) in [6.45, 7) is 1.84. The molecular weight excluding hydrogens is 655 g/mol. The number of nitrogens with one attached hydrogen (secondary N) is 1. The predicted molar refractivity (Wildman–Crippen MR) is 163 cm³/mol. The van der Waals surface area contributed by atoms with E-state index in [0.717, 1.165) is 26.7 Å². The molecule has 3 aromatic rings. The Morgan fingerprint density at radius 1 is 1.05 bits per heavy atom. The van der Waals surface area contributed by atoms with E-state index in [-0.39, 0.29) is 34.4 Å². The zero-order valence-electron chi connectivity index (χ0n) is 21.6. The molecule has 0 spiro atoms. The maximum atomic E-state index is 13.1. The molecule has 0 unspecified atom stereocenters. The lowest BCUT2D eigenvalue weighted by molar-refractivity contribution is -0.127. The van der Waals surface area contributed by atoms with Gasteiger partial charge in [0, 0.05) is 20.7 Å². The van der Waals surface area contributed by atoms with Crippen LogP contribution in [0.3, 0.4) is 0 Å². The number of hydrogen-bond acceptors (Lipinski definition) is 7. The van der Waals surface area contributed by atoms with Gasteiger partial charge in [-0.1, -0.05) is 58.2 Å². The topological polar surface area (TPSA) is 102 Å². The Morgan fingerprint density at radius 2 is 1.80 bits per heavy atom. The first kappa shape index (κ1) is 30.6. The van der Waals surface area contributed by atoms with Crippen molar-refractivity contribution < 1.29 is 28.7 Å². The van der Waals surface area contributed by atoms with Crippen LogP contribution in [0.1, 0.15) is 34.8 Å².